The molecule has 7 heteroatoms. The maximum atomic E-state index is 12.0. The topological polar surface area (TPSA) is 91.7 Å². The van der Waals surface area contributed by atoms with Crippen LogP contribution in [0.3, 0.4) is 0 Å². The summed E-state index contributed by atoms with van der Waals surface area (Å²) >= 11 is 0. The molecule has 0 saturated carbocycles. The highest BCUT2D eigenvalue weighted by Gasteiger charge is 2.35. The van der Waals surface area contributed by atoms with E-state index in [0.717, 1.165) is 0 Å². The predicted octanol–water partition coefficient (Wildman–Crippen LogP) is 0.822. The molecule has 0 aromatic carbocycles. The van der Waals surface area contributed by atoms with Crippen LogP contribution in [0.4, 0.5) is 0 Å². The van der Waals surface area contributed by atoms with Gasteiger partial charge < -0.3 is 9.32 Å². The number of furan rings is 1. The highest BCUT2D eigenvalue weighted by Crippen LogP contribution is 2.20. The van der Waals surface area contributed by atoms with Gasteiger partial charge in [0, 0.05) is 18.4 Å². The van der Waals surface area contributed by atoms with Crippen LogP contribution in [0.2, 0.25) is 0 Å². The van der Waals surface area contributed by atoms with E-state index in [4.69, 9.17) is 4.42 Å². The van der Waals surface area contributed by atoms with Crippen LogP contribution in [0, 0.1) is 11.3 Å². The summed E-state index contributed by atoms with van der Waals surface area (Å²) in [5, 5.41) is 0. The highest BCUT2D eigenvalue weighted by atomic mass is 16.3. The van der Waals surface area contributed by atoms with Gasteiger partial charge in [0.15, 0.2) is 0 Å². The summed E-state index contributed by atoms with van der Waals surface area (Å²) in [6.45, 7) is 5.91. The van der Waals surface area contributed by atoms with Crippen molar-refractivity contribution in [3.63, 3.8) is 0 Å². The minimum Gasteiger partial charge on any atom is -0.467 e. The van der Waals surface area contributed by atoms with Crippen molar-refractivity contribution in [3.8, 4) is 0 Å². The van der Waals surface area contributed by atoms with Crippen LogP contribution in [-0.2, 0) is 20.9 Å². The molecule has 1 aromatic rings. The van der Waals surface area contributed by atoms with Crippen LogP contribution in [0.5, 0.6) is 0 Å². The van der Waals surface area contributed by atoms with Gasteiger partial charge in [0.25, 0.3) is 0 Å². The Balaban J connectivity index is 1.85. The Labute approximate surface area is 129 Å². The molecule has 1 fully saturated rings. The number of amides is 3. The van der Waals surface area contributed by atoms with E-state index in [-0.39, 0.29) is 24.1 Å². The molecule has 1 aromatic heterocycles. The van der Waals surface area contributed by atoms with Crippen LogP contribution in [0.15, 0.2) is 22.8 Å². The molecule has 1 aliphatic heterocycles. The zero-order chi connectivity index (χ0) is 16.3. The lowest BCUT2D eigenvalue weighted by Gasteiger charge is -2.19. The van der Waals surface area contributed by atoms with E-state index < -0.39 is 11.3 Å². The zero-order valence-electron chi connectivity index (χ0n) is 13.0. The van der Waals surface area contributed by atoms with Crippen molar-refractivity contribution in [2.75, 3.05) is 6.54 Å². The van der Waals surface area contributed by atoms with Crippen LogP contribution in [0.25, 0.3) is 0 Å². The summed E-state index contributed by atoms with van der Waals surface area (Å²) in [6.07, 6.45) is 1.68. The number of carbonyl (C=O) groups excluding carboxylic acids is 3. The molecule has 0 spiro atoms. The molecule has 1 atom stereocenters. The largest absolute Gasteiger partial charge is 0.467 e. The molecule has 2 rings (SSSR count). The molecule has 1 saturated heterocycles. The van der Waals surface area contributed by atoms with Gasteiger partial charge in [-0.2, -0.15) is 0 Å². The Kier molecular flexibility index (Phi) is 4.54. The summed E-state index contributed by atoms with van der Waals surface area (Å²) < 4.78 is 5.20. The molecule has 120 valence electrons. The van der Waals surface area contributed by atoms with Crippen LogP contribution < -0.4 is 10.9 Å². The Morgan fingerprint density at radius 2 is 2.09 bits per heavy atom. The molecular weight excluding hydrogens is 286 g/mol. The first-order valence-electron chi connectivity index (χ1n) is 7.18. The summed E-state index contributed by atoms with van der Waals surface area (Å²) in [7, 11) is 0. The Morgan fingerprint density at radius 1 is 1.36 bits per heavy atom. The van der Waals surface area contributed by atoms with Crippen molar-refractivity contribution in [2.24, 2.45) is 11.3 Å². The van der Waals surface area contributed by atoms with Crippen molar-refractivity contribution in [1.29, 1.82) is 0 Å². The third-order valence-electron chi connectivity index (χ3n) is 3.49. The van der Waals surface area contributed by atoms with Gasteiger partial charge in [-0.1, -0.05) is 20.8 Å². The summed E-state index contributed by atoms with van der Waals surface area (Å²) in [6, 6.07) is 3.53. The molecule has 3 amide bonds. The van der Waals surface area contributed by atoms with E-state index in [1.165, 1.54) is 0 Å². The van der Waals surface area contributed by atoms with Gasteiger partial charge in [0.05, 0.1) is 18.7 Å². The normalized spacial score (nSPS) is 18.4. The number of nitrogens with zero attached hydrogens (tertiary/aromatic N) is 1. The van der Waals surface area contributed by atoms with Gasteiger partial charge in [-0.3, -0.25) is 25.2 Å². The molecular formula is C15H21N3O4. The van der Waals surface area contributed by atoms with E-state index in [0.29, 0.717) is 18.8 Å². The molecule has 0 bridgehead atoms. The number of carbonyl (C=O) groups is 3. The summed E-state index contributed by atoms with van der Waals surface area (Å²) in [4.78, 5) is 37.3. The maximum absolute atomic E-state index is 12.0. The van der Waals surface area contributed by atoms with Gasteiger partial charge in [0.2, 0.25) is 17.7 Å². The van der Waals surface area contributed by atoms with Gasteiger partial charge >= 0.3 is 0 Å². The lowest BCUT2D eigenvalue weighted by atomic mass is 9.96. The molecule has 2 heterocycles. The molecule has 2 N–H and O–H groups in total. The van der Waals surface area contributed by atoms with Crippen molar-refractivity contribution >= 4 is 17.7 Å². The number of nitrogens with one attached hydrogen (secondary N) is 2. The third-order valence-corrected chi connectivity index (χ3v) is 3.49. The first kappa shape index (κ1) is 16.1. The number of hydrogen-bond acceptors (Lipinski definition) is 4. The smallest absolute Gasteiger partial charge is 0.243 e. The van der Waals surface area contributed by atoms with E-state index >= 15 is 0 Å². The first-order chi connectivity index (χ1) is 10.3. The lowest BCUT2D eigenvalue weighted by Crippen LogP contribution is -2.48. The zero-order valence-corrected chi connectivity index (χ0v) is 13.0. The number of likely N-dealkylation sites (tertiary alicyclic amines) is 1. The fourth-order valence-electron chi connectivity index (χ4n) is 2.10. The molecule has 7 nitrogen and oxygen atoms in total. The maximum Gasteiger partial charge on any atom is 0.243 e. The highest BCUT2D eigenvalue weighted by molar-refractivity contribution is 5.91. The number of rotatable bonds is 3. The fraction of sp³-hybridized carbons (Fsp3) is 0.533. The van der Waals surface area contributed by atoms with Crippen LogP contribution >= 0.6 is 0 Å². The molecule has 1 aliphatic rings. The summed E-state index contributed by atoms with van der Waals surface area (Å²) in [5.74, 6) is -0.526. The quantitative estimate of drug-likeness (QED) is 0.809. The number of hydrazine groups is 1. The number of hydrogen-bond donors (Lipinski definition) is 2. The van der Waals surface area contributed by atoms with E-state index in [1.54, 1.807) is 44.1 Å². The minimum absolute atomic E-state index is 0.0984. The average Bonchev–Trinajstić information content (AvgIpc) is 3.06. The monoisotopic (exact) mass is 307 g/mol. The molecule has 0 radical (unpaired) electrons. The lowest BCUT2D eigenvalue weighted by molar-refractivity contribution is -0.135. The fourth-order valence-corrected chi connectivity index (χ4v) is 2.10. The van der Waals surface area contributed by atoms with Crippen molar-refractivity contribution in [3.05, 3.63) is 24.2 Å². The second-order valence-electron chi connectivity index (χ2n) is 6.45. The van der Waals surface area contributed by atoms with Crippen molar-refractivity contribution in [2.45, 2.75) is 33.7 Å². The second-order valence-corrected chi connectivity index (χ2v) is 6.45. The third kappa shape index (κ3) is 3.87. The average molecular weight is 307 g/mol. The van der Waals surface area contributed by atoms with Crippen LogP contribution in [0.1, 0.15) is 33.0 Å². The van der Waals surface area contributed by atoms with Crippen molar-refractivity contribution < 1.29 is 18.8 Å². The Hall–Kier alpha value is -2.31. The SMILES string of the molecule is CC(C)(C)C(=O)NNC(=O)C1CC(=O)N(Cc2ccco2)C1. The Morgan fingerprint density at radius 3 is 2.68 bits per heavy atom. The summed E-state index contributed by atoms with van der Waals surface area (Å²) in [5.41, 5.74) is 4.18. The Bertz CT molecular complexity index is 560. The van der Waals surface area contributed by atoms with Gasteiger partial charge in [-0.15, -0.1) is 0 Å². The van der Waals surface area contributed by atoms with E-state index in [2.05, 4.69) is 10.9 Å². The standard InChI is InChI=1S/C15H21N3O4/c1-15(2,3)14(21)17-16-13(20)10-7-12(19)18(8-10)9-11-5-4-6-22-11/h4-6,10H,7-9H2,1-3H3,(H,16,20)(H,17,21). The van der Waals surface area contributed by atoms with Gasteiger partial charge in [0.1, 0.15) is 5.76 Å². The van der Waals surface area contributed by atoms with Crippen molar-refractivity contribution in [1.82, 2.24) is 15.8 Å². The van der Waals surface area contributed by atoms with Gasteiger partial charge in [-0.25, -0.2) is 0 Å². The van der Waals surface area contributed by atoms with Gasteiger partial charge in [-0.05, 0) is 12.1 Å². The van der Waals surface area contributed by atoms with E-state index in [1.807, 2.05) is 0 Å². The molecule has 1 unspecified atom stereocenters. The molecule has 22 heavy (non-hydrogen) atoms. The van der Waals surface area contributed by atoms with Crippen LogP contribution in [-0.4, -0.2) is 29.2 Å². The second kappa shape index (κ2) is 6.21. The minimum atomic E-state index is -0.593. The van der Waals surface area contributed by atoms with E-state index in [9.17, 15) is 14.4 Å². The first-order valence-corrected chi connectivity index (χ1v) is 7.18. The molecule has 0 aliphatic carbocycles. The predicted molar refractivity (Wildman–Crippen MR) is 78.0 cm³/mol.